The molecule has 8 heteroatoms. The highest BCUT2D eigenvalue weighted by atomic mass is 32.2. The Hall–Kier alpha value is -3.39. The first-order chi connectivity index (χ1) is 15.6. The van der Waals surface area contributed by atoms with E-state index in [1.807, 2.05) is 45.0 Å². The standard InChI is InChI=1S/C25H27FN2O4S/c1-18(2)16-28(25(29)27-22-6-4-5-19(3)15-22)17-20-7-11-23(12-8-20)32-33(30,31)24-13-9-21(26)10-14-24/h4-15,18H,16-17H2,1-3H3,(H,27,29). The van der Waals surface area contributed by atoms with Crippen LogP contribution >= 0.6 is 0 Å². The highest BCUT2D eigenvalue weighted by Crippen LogP contribution is 2.21. The molecule has 0 bridgehead atoms. The molecule has 3 aromatic rings. The van der Waals surface area contributed by atoms with E-state index in [1.165, 1.54) is 12.1 Å². The highest BCUT2D eigenvalue weighted by Gasteiger charge is 2.18. The summed E-state index contributed by atoms with van der Waals surface area (Å²) < 4.78 is 43.0. The average molecular weight is 471 g/mol. The van der Waals surface area contributed by atoms with E-state index >= 15 is 0 Å². The predicted octanol–water partition coefficient (Wildman–Crippen LogP) is 5.59. The summed E-state index contributed by atoms with van der Waals surface area (Å²) >= 11 is 0. The van der Waals surface area contributed by atoms with Crippen molar-refractivity contribution >= 4 is 21.8 Å². The lowest BCUT2D eigenvalue weighted by atomic mass is 10.1. The van der Waals surface area contributed by atoms with Gasteiger partial charge in [0.1, 0.15) is 16.5 Å². The molecule has 0 atom stereocenters. The third-order valence-corrected chi connectivity index (χ3v) is 6.01. The second kappa shape index (κ2) is 10.5. The molecule has 0 fully saturated rings. The molecule has 0 aliphatic carbocycles. The van der Waals surface area contributed by atoms with Crippen molar-refractivity contribution in [2.24, 2.45) is 5.92 Å². The Morgan fingerprint density at radius 2 is 1.70 bits per heavy atom. The quantitative estimate of drug-likeness (QED) is 0.435. The van der Waals surface area contributed by atoms with Crippen LogP contribution in [-0.4, -0.2) is 25.9 Å². The number of hydrogen-bond donors (Lipinski definition) is 1. The Labute approximate surface area is 194 Å². The number of rotatable bonds is 8. The van der Waals surface area contributed by atoms with Crippen LogP contribution < -0.4 is 9.50 Å². The summed E-state index contributed by atoms with van der Waals surface area (Å²) in [6.45, 7) is 6.92. The van der Waals surface area contributed by atoms with Crippen LogP contribution in [0.4, 0.5) is 14.9 Å². The predicted molar refractivity (Wildman–Crippen MR) is 126 cm³/mol. The molecule has 0 saturated heterocycles. The average Bonchev–Trinajstić information content (AvgIpc) is 2.74. The molecule has 0 aliphatic rings. The molecule has 0 unspecified atom stereocenters. The maximum Gasteiger partial charge on any atom is 0.339 e. The van der Waals surface area contributed by atoms with Crippen LogP contribution in [0.25, 0.3) is 0 Å². The minimum atomic E-state index is -4.07. The molecule has 0 radical (unpaired) electrons. The van der Waals surface area contributed by atoms with Gasteiger partial charge in [-0.3, -0.25) is 0 Å². The molecular weight excluding hydrogens is 443 g/mol. The Balaban J connectivity index is 1.69. The van der Waals surface area contributed by atoms with Gasteiger partial charge in [-0.15, -0.1) is 0 Å². The number of hydrogen-bond acceptors (Lipinski definition) is 4. The Morgan fingerprint density at radius 3 is 2.30 bits per heavy atom. The lowest BCUT2D eigenvalue weighted by Gasteiger charge is -2.25. The molecule has 3 aromatic carbocycles. The largest absolute Gasteiger partial charge is 0.379 e. The molecule has 6 nitrogen and oxygen atoms in total. The van der Waals surface area contributed by atoms with E-state index in [1.54, 1.807) is 17.0 Å². The molecule has 0 saturated carbocycles. The van der Waals surface area contributed by atoms with Gasteiger partial charge in [0.2, 0.25) is 0 Å². The summed E-state index contributed by atoms with van der Waals surface area (Å²) in [5.74, 6) is -0.143. The van der Waals surface area contributed by atoms with Gasteiger partial charge < -0.3 is 14.4 Å². The van der Waals surface area contributed by atoms with Crippen molar-refractivity contribution in [2.45, 2.75) is 32.2 Å². The molecule has 3 rings (SSSR count). The minimum absolute atomic E-state index is 0.127. The van der Waals surface area contributed by atoms with Crippen LogP contribution in [0.3, 0.4) is 0 Å². The third kappa shape index (κ3) is 7.05. The second-order valence-electron chi connectivity index (χ2n) is 8.21. The SMILES string of the molecule is Cc1cccc(NC(=O)N(Cc2ccc(OS(=O)(=O)c3ccc(F)cc3)cc2)CC(C)C)c1. The number of urea groups is 1. The third-order valence-electron chi connectivity index (χ3n) is 4.75. The highest BCUT2D eigenvalue weighted by molar-refractivity contribution is 7.87. The number of benzene rings is 3. The minimum Gasteiger partial charge on any atom is -0.379 e. The van der Waals surface area contributed by atoms with Crippen molar-refractivity contribution in [3.8, 4) is 5.75 Å². The zero-order valence-electron chi connectivity index (χ0n) is 18.8. The summed E-state index contributed by atoms with van der Waals surface area (Å²) in [5, 5.41) is 2.93. The zero-order chi connectivity index (χ0) is 24.0. The van der Waals surface area contributed by atoms with Gasteiger partial charge in [-0.05, 0) is 72.5 Å². The molecular formula is C25H27FN2O4S. The van der Waals surface area contributed by atoms with Crippen LogP contribution in [0.2, 0.25) is 0 Å². The lowest BCUT2D eigenvalue weighted by molar-refractivity contribution is 0.201. The summed E-state index contributed by atoms with van der Waals surface area (Å²) in [7, 11) is -4.07. The zero-order valence-corrected chi connectivity index (χ0v) is 19.6. The number of amides is 2. The van der Waals surface area contributed by atoms with E-state index < -0.39 is 15.9 Å². The smallest absolute Gasteiger partial charge is 0.339 e. The van der Waals surface area contributed by atoms with E-state index in [0.29, 0.717) is 13.1 Å². The number of nitrogens with zero attached hydrogens (tertiary/aromatic N) is 1. The van der Waals surface area contributed by atoms with E-state index in [-0.39, 0.29) is 22.6 Å². The van der Waals surface area contributed by atoms with Gasteiger partial charge in [0.15, 0.2) is 0 Å². The Morgan fingerprint density at radius 1 is 1.03 bits per heavy atom. The second-order valence-corrected chi connectivity index (χ2v) is 9.76. The van der Waals surface area contributed by atoms with Gasteiger partial charge in [-0.25, -0.2) is 9.18 Å². The van der Waals surface area contributed by atoms with Crippen LogP contribution in [0, 0.1) is 18.7 Å². The van der Waals surface area contributed by atoms with Crippen molar-refractivity contribution in [3.05, 3.63) is 89.7 Å². The van der Waals surface area contributed by atoms with Gasteiger partial charge >= 0.3 is 16.1 Å². The molecule has 174 valence electrons. The number of anilines is 1. The number of nitrogens with one attached hydrogen (secondary N) is 1. The van der Waals surface area contributed by atoms with Gasteiger partial charge in [0.05, 0.1) is 0 Å². The first-order valence-corrected chi connectivity index (χ1v) is 11.9. The van der Waals surface area contributed by atoms with Gasteiger partial charge in [0.25, 0.3) is 0 Å². The molecule has 0 aromatic heterocycles. The number of carbonyl (C=O) groups is 1. The first kappa shape index (κ1) is 24.3. The van der Waals surface area contributed by atoms with Crippen LogP contribution in [-0.2, 0) is 16.7 Å². The molecule has 2 amide bonds. The normalized spacial score (nSPS) is 11.3. The molecule has 0 spiro atoms. The van der Waals surface area contributed by atoms with Gasteiger partial charge in [-0.1, -0.05) is 38.1 Å². The summed E-state index contributed by atoms with van der Waals surface area (Å²) in [6.07, 6.45) is 0. The van der Waals surface area contributed by atoms with Crippen LogP contribution in [0.15, 0.2) is 77.7 Å². The molecule has 1 N–H and O–H groups in total. The maximum atomic E-state index is 13.1. The number of carbonyl (C=O) groups excluding carboxylic acids is 1. The first-order valence-electron chi connectivity index (χ1n) is 10.5. The van der Waals surface area contributed by atoms with Crippen molar-refractivity contribution in [1.29, 1.82) is 0 Å². The number of aryl methyl sites for hydroxylation is 1. The Bertz CT molecular complexity index is 1190. The van der Waals surface area contributed by atoms with Gasteiger partial charge in [0, 0.05) is 18.8 Å². The van der Waals surface area contributed by atoms with E-state index in [9.17, 15) is 17.6 Å². The van der Waals surface area contributed by atoms with Crippen molar-refractivity contribution in [1.82, 2.24) is 4.90 Å². The fraction of sp³-hybridized carbons (Fsp3) is 0.240. The molecule has 0 aliphatic heterocycles. The molecule has 33 heavy (non-hydrogen) atoms. The monoisotopic (exact) mass is 470 g/mol. The van der Waals surface area contributed by atoms with Crippen molar-refractivity contribution < 1.29 is 21.8 Å². The van der Waals surface area contributed by atoms with Crippen molar-refractivity contribution in [3.63, 3.8) is 0 Å². The number of halogens is 1. The summed E-state index contributed by atoms with van der Waals surface area (Å²) in [4.78, 5) is 14.5. The summed E-state index contributed by atoms with van der Waals surface area (Å²) in [5.41, 5.74) is 2.60. The van der Waals surface area contributed by atoms with Crippen LogP contribution in [0.5, 0.6) is 5.75 Å². The fourth-order valence-corrected chi connectivity index (χ4v) is 4.16. The topological polar surface area (TPSA) is 75.7 Å². The maximum absolute atomic E-state index is 13.1. The van der Waals surface area contributed by atoms with Gasteiger partial charge in [-0.2, -0.15) is 8.42 Å². The molecule has 0 heterocycles. The van der Waals surface area contributed by atoms with Crippen molar-refractivity contribution in [2.75, 3.05) is 11.9 Å². The van der Waals surface area contributed by atoms with E-state index in [2.05, 4.69) is 5.32 Å². The lowest BCUT2D eigenvalue weighted by Crippen LogP contribution is -2.37. The van der Waals surface area contributed by atoms with E-state index in [4.69, 9.17) is 4.18 Å². The Kier molecular flexibility index (Phi) is 7.71. The summed E-state index contributed by atoms with van der Waals surface area (Å²) in [6, 6.07) is 18.3. The van der Waals surface area contributed by atoms with E-state index in [0.717, 1.165) is 41.1 Å². The van der Waals surface area contributed by atoms with Crippen LogP contribution in [0.1, 0.15) is 25.0 Å². The fourth-order valence-electron chi connectivity index (χ4n) is 3.23.